The summed E-state index contributed by atoms with van der Waals surface area (Å²) >= 11 is 0. The van der Waals surface area contributed by atoms with Gasteiger partial charge >= 0.3 is 0 Å². The minimum atomic E-state index is -3.68. The van der Waals surface area contributed by atoms with E-state index >= 15 is 0 Å². The first-order valence-corrected chi connectivity index (χ1v) is 7.95. The van der Waals surface area contributed by atoms with Crippen LogP contribution in [0.5, 0.6) is 0 Å². The zero-order valence-corrected chi connectivity index (χ0v) is 13.2. The Morgan fingerprint density at radius 3 is 2.62 bits per heavy atom. The van der Waals surface area contributed by atoms with Crippen LogP contribution in [-0.4, -0.2) is 23.2 Å². The molecule has 7 nitrogen and oxygen atoms in total. The van der Waals surface area contributed by atoms with Crippen LogP contribution < -0.4 is 4.72 Å². The van der Waals surface area contributed by atoms with Crippen molar-refractivity contribution in [3.05, 3.63) is 35.0 Å². The third-order valence-corrected chi connectivity index (χ3v) is 4.92. The summed E-state index contributed by atoms with van der Waals surface area (Å²) in [6, 6.07) is 0.988. The number of hydrogen-bond acceptors (Lipinski definition) is 5. The smallest absolute Gasteiger partial charge is 0.242 e. The zero-order chi connectivity index (χ0) is 15.8. The Bertz CT molecular complexity index is 726. The van der Waals surface area contributed by atoms with Crippen molar-refractivity contribution >= 4 is 10.0 Å². The number of nitrogens with zero attached hydrogens (tertiary/aromatic N) is 2. The first-order valence-electron chi connectivity index (χ1n) is 6.47. The largest absolute Gasteiger partial charge is 0.390 e. The molecule has 0 fully saturated rings. The maximum atomic E-state index is 12.4. The molecule has 2 aromatic heterocycles. The molecule has 8 heteroatoms. The molecule has 0 saturated heterocycles. The molecule has 0 aliphatic carbocycles. The quantitative estimate of drug-likeness (QED) is 0.863. The number of nitrogens with one attached hydrogen (secondary N) is 1. The molecule has 0 saturated carbocycles. The molecule has 0 bridgehead atoms. The van der Waals surface area contributed by atoms with Crippen molar-refractivity contribution in [2.24, 2.45) is 7.05 Å². The molecule has 2 heterocycles. The van der Waals surface area contributed by atoms with E-state index in [0.29, 0.717) is 17.1 Å². The number of aliphatic hydroxyl groups excluding tert-OH is 1. The van der Waals surface area contributed by atoms with Crippen LogP contribution in [0.25, 0.3) is 0 Å². The van der Waals surface area contributed by atoms with Gasteiger partial charge in [-0.05, 0) is 26.8 Å². The number of hydrogen-bond donors (Lipinski definition) is 2. The van der Waals surface area contributed by atoms with Gasteiger partial charge in [0.15, 0.2) is 0 Å². The average molecular weight is 313 g/mol. The SMILES string of the molecule is Cc1noc(C)c1C(C)NS(=O)(=O)c1cc(CO)n(C)c1. The normalized spacial score (nSPS) is 13.6. The number of rotatable bonds is 5. The maximum Gasteiger partial charge on any atom is 0.242 e. The van der Waals surface area contributed by atoms with Crippen molar-refractivity contribution in [1.29, 1.82) is 0 Å². The Morgan fingerprint density at radius 2 is 2.14 bits per heavy atom. The van der Waals surface area contributed by atoms with E-state index in [9.17, 15) is 8.42 Å². The van der Waals surface area contributed by atoms with E-state index in [1.54, 1.807) is 32.4 Å². The molecular formula is C13H19N3O4S. The predicted molar refractivity (Wildman–Crippen MR) is 76.0 cm³/mol. The first kappa shape index (κ1) is 15.7. The summed E-state index contributed by atoms with van der Waals surface area (Å²) < 4.78 is 34.0. The van der Waals surface area contributed by atoms with Crippen molar-refractivity contribution in [3.8, 4) is 0 Å². The van der Waals surface area contributed by atoms with Crippen LogP contribution >= 0.6 is 0 Å². The Balaban J connectivity index is 2.28. The van der Waals surface area contributed by atoms with Gasteiger partial charge in [0.05, 0.1) is 17.2 Å². The van der Waals surface area contributed by atoms with Gasteiger partial charge in [0.2, 0.25) is 10.0 Å². The van der Waals surface area contributed by atoms with Crippen LogP contribution in [0.4, 0.5) is 0 Å². The maximum absolute atomic E-state index is 12.4. The van der Waals surface area contributed by atoms with Gasteiger partial charge in [-0.25, -0.2) is 13.1 Å². The lowest BCUT2D eigenvalue weighted by molar-refractivity contribution is 0.272. The molecule has 116 valence electrons. The number of aromatic nitrogens is 2. The molecule has 0 spiro atoms. The van der Waals surface area contributed by atoms with Gasteiger partial charge in [-0.2, -0.15) is 0 Å². The lowest BCUT2D eigenvalue weighted by Gasteiger charge is -2.13. The highest BCUT2D eigenvalue weighted by atomic mass is 32.2. The summed E-state index contributed by atoms with van der Waals surface area (Å²) in [6.07, 6.45) is 1.47. The van der Waals surface area contributed by atoms with E-state index in [2.05, 4.69) is 9.88 Å². The fourth-order valence-electron chi connectivity index (χ4n) is 2.35. The van der Waals surface area contributed by atoms with Crippen LogP contribution in [0.2, 0.25) is 0 Å². The van der Waals surface area contributed by atoms with Gasteiger partial charge in [0.1, 0.15) is 5.76 Å². The molecule has 0 radical (unpaired) electrons. The van der Waals surface area contributed by atoms with E-state index in [-0.39, 0.29) is 11.5 Å². The van der Waals surface area contributed by atoms with Gasteiger partial charge in [-0.1, -0.05) is 5.16 Å². The van der Waals surface area contributed by atoms with Crippen molar-refractivity contribution in [1.82, 2.24) is 14.4 Å². The lowest BCUT2D eigenvalue weighted by atomic mass is 10.1. The van der Waals surface area contributed by atoms with E-state index in [1.165, 1.54) is 12.3 Å². The zero-order valence-electron chi connectivity index (χ0n) is 12.4. The minimum absolute atomic E-state index is 0.118. The predicted octanol–water partition coefficient (Wildman–Crippen LogP) is 1.16. The van der Waals surface area contributed by atoms with Crippen LogP contribution in [0.1, 0.15) is 35.7 Å². The molecule has 2 N–H and O–H groups in total. The second kappa shape index (κ2) is 5.63. The molecule has 1 unspecified atom stereocenters. The highest BCUT2D eigenvalue weighted by molar-refractivity contribution is 7.89. The van der Waals surface area contributed by atoms with Gasteiger partial charge < -0.3 is 14.2 Å². The topological polar surface area (TPSA) is 97.4 Å². The van der Waals surface area contributed by atoms with Gasteiger partial charge in [0, 0.05) is 30.5 Å². The molecule has 0 aromatic carbocycles. The van der Waals surface area contributed by atoms with E-state index in [0.717, 1.165) is 5.56 Å². The lowest BCUT2D eigenvalue weighted by Crippen LogP contribution is -2.27. The van der Waals surface area contributed by atoms with E-state index in [4.69, 9.17) is 9.63 Å². The molecule has 2 aromatic rings. The molecular weight excluding hydrogens is 294 g/mol. The summed E-state index contributed by atoms with van der Waals surface area (Å²) in [5.74, 6) is 0.590. The van der Waals surface area contributed by atoms with Crippen molar-refractivity contribution in [2.45, 2.75) is 38.3 Å². The first-order chi connectivity index (χ1) is 9.76. The van der Waals surface area contributed by atoms with Crippen molar-refractivity contribution < 1.29 is 18.0 Å². The Kier molecular flexibility index (Phi) is 4.22. The number of aliphatic hydroxyl groups is 1. The van der Waals surface area contributed by atoms with Gasteiger partial charge in [0.25, 0.3) is 0 Å². The second-order valence-electron chi connectivity index (χ2n) is 5.02. The minimum Gasteiger partial charge on any atom is -0.390 e. The molecule has 2 rings (SSSR count). The molecule has 0 aliphatic rings. The standard InChI is InChI=1S/C13H19N3O4S/c1-8-13(10(3)20-14-8)9(2)15-21(18,19)12-5-11(7-17)16(4)6-12/h5-6,9,15,17H,7H2,1-4H3. The van der Waals surface area contributed by atoms with E-state index in [1.807, 2.05) is 0 Å². The molecule has 1 atom stereocenters. The van der Waals surface area contributed by atoms with Crippen LogP contribution in [0.3, 0.4) is 0 Å². The number of sulfonamides is 1. The average Bonchev–Trinajstić information content (AvgIpc) is 2.92. The molecule has 21 heavy (non-hydrogen) atoms. The fraction of sp³-hybridized carbons (Fsp3) is 0.462. The summed E-state index contributed by atoms with van der Waals surface area (Å²) in [4.78, 5) is 0.118. The Morgan fingerprint density at radius 1 is 1.48 bits per heavy atom. The highest BCUT2D eigenvalue weighted by Gasteiger charge is 2.24. The van der Waals surface area contributed by atoms with Gasteiger partial charge in [-0.3, -0.25) is 0 Å². The van der Waals surface area contributed by atoms with Crippen LogP contribution in [0.15, 0.2) is 21.7 Å². The summed E-state index contributed by atoms with van der Waals surface area (Å²) in [5.41, 5.74) is 1.92. The highest BCUT2D eigenvalue weighted by Crippen LogP contribution is 2.23. The van der Waals surface area contributed by atoms with Crippen molar-refractivity contribution in [3.63, 3.8) is 0 Å². The molecule has 0 amide bonds. The summed E-state index contributed by atoms with van der Waals surface area (Å²) in [5, 5.41) is 13.0. The van der Waals surface area contributed by atoms with Gasteiger partial charge in [-0.15, -0.1) is 0 Å². The second-order valence-corrected chi connectivity index (χ2v) is 6.73. The third-order valence-electron chi connectivity index (χ3n) is 3.41. The fourth-order valence-corrected chi connectivity index (χ4v) is 3.66. The van der Waals surface area contributed by atoms with Crippen molar-refractivity contribution in [2.75, 3.05) is 0 Å². The van der Waals surface area contributed by atoms with Crippen LogP contribution in [0, 0.1) is 13.8 Å². The van der Waals surface area contributed by atoms with Crippen LogP contribution in [-0.2, 0) is 23.7 Å². The summed E-state index contributed by atoms with van der Waals surface area (Å²) in [7, 11) is -2.00. The monoisotopic (exact) mass is 313 g/mol. The Hall–Kier alpha value is -1.64. The summed E-state index contributed by atoms with van der Waals surface area (Å²) in [6.45, 7) is 5.03. The number of aryl methyl sites for hydroxylation is 3. The molecule has 0 aliphatic heterocycles. The van der Waals surface area contributed by atoms with E-state index < -0.39 is 16.1 Å². The third kappa shape index (κ3) is 3.02. The Labute approximate surface area is 123 Å².